The van der Waals surface area contributed by atoms with Gasteiger partial charge in [-0.3, -0.25) is 0 Å². The van der Waals surface area contributed by atoms with Crippen LogP contribution in [0.5, 0.6) is 23.0 Å². The quantitative estimate of drug-likeness (QED) is 0.195. The third-order valence-corrected chi connectivity index (χ3v) is 5.05. The van der Waals surface area contributed by atoms with E-state index in [1.54, 1.807) is 85.8 Å². The molecule has 0 radical (unpaired) electrons. The largest absolute Gasteiger partial charge is 0.487 e. The van der Waals surface area contributed by atoms with E-state index in [4.69, 9.17) is 18.9 Å². The maximum atomic E-state index is 12.5. The maximum Gasteiger partial charge on any atom is 0.343 e. The lowest BCUT2D eigenvalue weighted by atomic mass is 10.2. The summed E-state index contributed by atoms with van der Waals surface area (Å²) in [6.07, 6.45) is 3.09. The molecule has 0 spiro atoms. The van der Waals surface area contributed by atoms with Crippen molar-refractivity contribution in [3.63, 3.8) is 0 Å². The molecule has 0 saturated carbocycles. The fraction of sp³-hybridized carbons (Fsp3) is 0.172. The second kappa shape index (κ2) is 11.7. The van der Waals surface area contributed by atoms with Gasteiger partial charge in [-0.25, -0.2) is 9.59 Å². The van der Waals surface area contributed by atoms with E-state index < -0.39 is 11.9 Å². The van der Waals surface area contributed by atoms with E-state index in [0.29, 0.717) is 39.7 Å². The smallest absolute Gasteiger partial charge is 0.343 e. The molecular formula is C29H28O6. The molecule has 35 heavy (non-hydrogen) atoms. The number of ether oxygens (including phenoxy) is 4. The Balaban J connectivity index is 1.61. The van der Waals surface area contributed by atoms with Crippen LogP contribution in [0.4, 0.5) is 0 Å². The number of aryl methyl sites for hydroxylation is 1. The highest BCUT2D eigenvalue weighted by Crippen LogP contribution is 2.26. The summed E-state index contributed by atoms with van der Waals surface area (Å²) >= 11 is 0. The first kappa shape index (κ1) is 25.3. The minimum Gasteiger partial charge on any atom is -0.487 e. The van der Waals surface area contributed by atoms with E-state index in [-0.39, 0.29) is 12.2 Å². The molecule has 0 aliphatic rings. The summed E-state index contributed by atoms with van der Waals surface area (Å²) in [6, 6.07) is 18.1. The number of rotatable bonds is 10. The van der Waals surface area contributed by atoms with Gasteiger partial charge in [0.1, 0.15) is 35.2 Å². The minimum absolute atomic E-state index is 0.136. The first-order valence-electron chi connectivity index (χ1n) is 11.1. The Hall–Kier alpha value is -4.32. The van der Waals surface area contributed by atoms with Crippen molar-refractivity contribution in [2.24, 2.45) is 0 Å². The molecule has 6 heteroatoms. The summed E-state index contributed by atoms with van der Waals surface area (Å²) in [4.78, 5) is 25.0. The number of benzene rings is 3. The Morgan fingerprint density at radius 2 is 1.11 bits per heavy atom. The average Bonchev–Trinajstić information content (AvgIpc) is 2.86. The van der Waals surface area contributed by atoms with Crippen LogP contribution in [0.3, 0.4) is 0 Å². The van der Waals surface area contributed by atoms with Crippen LogP contribution >= 0.6 is 0 Å². The van der Waals surface area contributed by atoms with Crippen LogP contribution in [0.2, 0.25) is 0 Å². The first-order valence-corrected chi connectivity index (χ1v) is 11.1. The predicted octanol–water partition coefficient (Wildman–Crippen LogP) is 6.34. The van der Waals surface area contributed by atoms with Gasteiger partial charge in [-0.1, -0.05) is 25.3 Å². The summed E-state index contributed by atoms with van der Waals surface area (Å²) in [7, 11) is 0. The van der Waals surface area contributed by atoms with Gasteiger partial charge in [-0.05, 0) is 93.1 Å². The second-order valence-corrected chi connectivity index (χ2v) is 7.87. The molecule has 180 valence electrons. The van der Waals surface area contributed by atoms with E-state index in [9.17, 15) is 9.59 Å². The van der Waals surface area contributed by atoms with Crippen molar-refractivity contribution < 1.29 is 28.5 Å². The van der Waals surface area contributed by atoms with Crippen molar-refractivity contribution in [1.82, 2.24) is 0 Å². The third-order valence-electron chi connectivity index (χ3n) is 5.05. The Kier molecular flexibility index (Phi) is 8.46. The highest BCUT2D eigenvalue weighted by molar-refractivity contribution is 5.92. The Labute approximate surface area is 205 Å². The molecule has 2 atom stereocenters. The number of carbonyl (C=O) groups is 2. The lowest BCUT2D eigenvalue weighted by Crippen LogP contribution is -2.11. The molecule has 3 rings (SSSR count). The van der Waals surface area contributed by atoms with Crippen molar-refractivity contribution in [1.29, 1.82) is 0 Å². The summed E-state index contributed by atoms with van der Waals surface area (Å²) in [6.45, 7) is 12.9. The lowest BCUT2D eigenvalue weighted by molar-refractivity contribution is 0.0718. The van der Waals surface area contributed by atoms with Gasteiger partial charge < -0.3 is 18.9 Å². The van der Waals surface area contributed by atoms with Crippen molar-refractivity contribution >= 4 is 11.9 Å². The molecule has 0 aliphatic heterocycles. The van der Waals surface area contributed by atoms with Gasteiger partial charge in [0, 0.05) is 0 Å². The Bertz CT molecular complexity index is 1190. The minimum atomic E-state index is -0.509. The third kappa shape index (κ3) is 7.08. The van der Waals surface area contributed by atoms with E-state index in [1.165, 1.54) is 0 Å². The summed E-state index contributed by atoms with van der Waals surface area (Å²) in [5.74, 6) is 0.952. The van der Waals surface area contributed by atoms with Crippen LogP contribution in [0, 0.1) is 6.92 Å². The highest BCUT2D eigenvalue weighted by Gasteiger charge is 2.14. The highest BCUT2D eigenvalue weighted by atomic mass is 16.5. The standard InChI is InChI=1S/C29H28O6/c1-6-20(4)32-24-12-8-22(9-13-24)28(30)34-26-16-17-27(19(3)18-26)35-29(31)23-10-14-25(15-11-23)33-21(5)7-2/h6-18,20-21H,1-2H2,3-5H3. The fourth-order valence-electron chi connectivity index (χ4n) is 2.99. The van der Waals surface area contributed by atoms with Crippen molar-refractivity contribution in [3.8, 4) is 23.0 Å². The SMILES string of the molecule is C=CC(C)Oc1ccc(C(=O)Oc2ccc(OC(=O)c3ccc(OC(C)C=C)cc3)c(C)c2)cc1. The molecule has 0 bridgehead atoms. The van der Waals surface area contributed by atoms with Crippen LogP contribution < -0.4 is 18.9 Å². The zero-order valence-corrected chi connectivity index (χ0v) is 20.0. The van der Waals surface area contributed by atoms with Crippen LogP contribution in [-0.4, -0.2) is 24.1 Å². The van der Waals surface area contributed by atoms with Crippen LogP contribution in [0.15, 0.2) is 92.0 Å². The van der Waals surface area contributed by atoms with Crippen LogP contribution in [0.25, 0.3) is 0 Å². The molecule has 0 N–H and O–H groups in total. The summed E-state index contributed by atoms with van der Waals surface area (Å²) in [5, 5.41) is 0. The summed E-state index contributed by atoms with van der Waals surface area (Å²) in [5.41, 5.74) is 1.41. The molecule has 2 unspecified atom stereocenters. The maximum absolute atomic E-state index is 12.5. The van der Waals surface area contributed by atoms with Crippen LogP contribution in [0.1, 0.15) is 40.1 Å². The topological polar surface area (TPSA) is 71.1 Å². The zero-order valence-electron chi connectivity index (χ0n) is 20.0. The number of esters is 2. The number of hydrogen-bond acceptors (Lipinski definition) is 6. The first-order chi connectivity index (χ1) is 16.8. The molecule has 0 aromatic heterocycles. The van der Waals surface area contributed by atoms with Gasteiger partial charge >= 0.3 is 11.9 Å². The molecule has 0 aliphatic carbocycles. The molecule has 3 aromatic rings. The normalized spacial score (nSPS) is 12.1. The lowest BCUT2D eigenvalue weighted by Gasteiger charge is -2.12. The van der Waals surface area contributed by atoms with E-state index in [1.807, 2.05) is 13.8 Å². The van der Waals surface area contributed by atoms with Gasteiger partial charge in [0.15, 0.2) is 0 Å². The average molecular weight is 473 g/mol. The van der Waals surface area contributed by atoms with Crippen molar-refractivity contribution in [2.45, 2.75) is 33.0 Å². The zero-order chi connectivity index (χ0) is 25.4. The monoisotopic (exact) mass is 472 g/mol. The van der Waals surface area contributed by atoms with Gasteiger partial charge in [0.25, 0.3) is 0 Å². The van der Waals surface area contributed by atoms with E-state index >= 15 is 0 Å². The van der Waals surface area contributed by atoms with Gasteiger partial charge in [-0.2, -0.15) is 0 Å². The fourth-order valence-corrected chi connectivity index (χ4v) is 2.99. The summed E-state index contributed by atoms with van der Waals surface area (Å²) < 4.78 is 22.2. The van der Waals surface area contributed by atoms with Crippen molar-refractivity contribution in [3.05, 3.63) is 109 Å². The molecule has 3 aromatic carbocycles. The van der Waals surface area contributed by atoms with Crippen molar-refractivity contribution in [2.75, 3.05) is 0 Å². The number of carbonyl (C=O) groups excluding carboxylic acids is 2. The van der Waals surface area contributed by atoms with Gasteiger partial charge in [-0.15, -0.1) is 0 Å². The second-order valence-electron chi connectivity index (χ2n) is 7.87. The van der Waals surface area contributed by atoms with Crippen LogP contribution in [-0.2, 0) is 0 Å². The Morgan fingerprint density at radius 1 is 0.686 bits per heavy atom. The predicted molar refractivity (Wildman–Crippen MR) is 135 cm³/mol. The molecule has 0 saturated heterocycles. The Morgan fingerprint density at radius 3 is 1.54 bits per heavy atom. The van der Waals surface area contributed by atoms with E-state index in [0.717, 1.165) is 0 Å². The number of hydrogen-bond donors (Lipinski definition) is 0. The molecule has 0 fully saturated rings. The van der Waals surface area contributed by atoms with E-state index in [2.05, 4.69) is 13.2 Å². The molecule has 0 heterocycles. The molecule has 0 amide bonds. The van der Waals surface area contributed by atoms with Gasteiger partial charge in [0.05, 0.1) is 11.1 Å². The molecular weight excluding hydrogens is 444 g/mol. The molecule has 6 nitrogen and oxygen atoms in total. The van der Waals surface area contributed by atoms with Gasteiger partial charge in [0.2, 0.25) is 0 Å².